The normalized spacial score (nSPS) is 14.0. The molecule has 6 nitrogen and oxygen atoms in total. The first-order valence-corrected chi connectivity index (χ1v) is 9.61. The number of Topliss-reactive ketones (excluding diaryl/α,β-unsaturated/α-hetero) is 1. The fourth-order valence-corrected chi connectivity index (χ4v) is 4.45. The number of aromatic nitrogens is 2. The van der Waals surface area contributed by atoms with Gasteiger partial charge in [-0.2, -0.15) is 17.6 Å². The summed E-state index contributed by atoms with van der Waals surface area (Å²) in [5.41, 5.74) is 1.26. The first-order valence-electron chi connectivity index (χ1n) is 8.17. The Bertz CT molecular complexity index is 1210. The lowest BCUT2D eigenvalue weighted by atomic mass is 9.92. The summed E-state index contributed by atoms with van der Waals surface area (Å²) in [5.74, 6) is -1.45. The molecular weight excluding hydrogens is 364 g/mol. The van der Waals surface area contributed by atoms with Gasteiger partial charge >= 0.3 is 0 Å². The molecule has 0 spiro atoms. The number of benzene rings is 2. The van der Waals surface area contributed by atoms with Gasteiger partial charge in [0.1, 0.15) is 5.69 Å². The van der Waals surface area contributed by atoms with E-state index in [0.717, 1.165) is 10.2 Å². The van der Waals surface area contributed by atoms with Crippen molar-refractivity contribution in [3.05, 3.63) is 78.0 Å². The van der Waals surface area contributed by atoms with Gasteiger partial charge in [0.2, 0.25) is 11.6 Å². The standard InChI is InChI=1S/C20H14N2O4S/c1-13-12-16(23)20(24)17-18(14-8-4-2-5-9-14)21-22(19(13)17)27(25,26)15-10-6-3-7-11-15/h2-12H,1H3. The van der Waals surface area contributed by atoms with E-state index in [2.05, 4.69) is 5.10 Å². The quantitative estimate of drug-likeness (QED) is 0.654. The molecule has 0 N–H and O–H groups in total. The van der Waals surface area contributed by atoms with E-state index in [1.54, 1.807) is 55.5 Å². The Morgan fingerprint density at radius 3 is 2.11 bits per heavy atom. The number of allylic oxidation sites excluding steroid dienone is 2. The molecule has 1 aromatic heterocycles. The van der Waals surface area contributed by atoms with Gasteiger partial charge in [-0.05, 0) is 30.7 Å². The molecule has 1 aliphatic rings. The van der Waals surface area contributed by atoms with E-state index in [1.165, 1.54) is 12.1 Å². The summed E-state index contributed by atoms with van der Waals surface area (Å²) in [4.78, 5) is 24.7. The molecule has 134 valence electrons. The molecule has 0 atom stereocenters. The minimum atomic E-state index is -4.04. The van der Waals surface area contributed by atoms with Crippen LogP contribution in [0.4, 0.5) is 0 Å². The number of carbonyl (C=O) groups is 2. The van der Waals surface area contributed by atoms with Crippen molar-refractivity contribution in [2.24, 2.45) is 0 Å². The monoisotopic (exact) mass is 378 g/mol. The van der Waals surface area contributed by atoms with Crippen LogP contribution in [0.1, 0.15) is 23.0 Å². The molecule has 1 aliphatic carbocycles. The molecule has 7 heteroatoms. The fraction of sp³-hybridized carbons (Fsp3) is 0.0500. The van der Waals surface area contributed by atoms with Crippen molar-refractivity contribution >= 4 is 27.2 Å². The zero-order valence-corrected chi connectivity index (χ0v) is 15.1. The Morgan fingerprint density at radius 2 is 1.48 bits per heavy atom. The smallest absolute Gasteiger partial charge is 0.283 e. The molecule has 0 radical (unpaired) electrons. The highest BCUT2D eigenvalue weighted by Crippen LogP contribution is 2.35. The van der Waals surface area contributed by atoms with Crippen molar-refractivity contribution in [1.82, 2.24) is 9.19 Å². The van der Waals surface area contributed by atoms with Crippen molar-refractivity contribution in [2.75, 3.05) is 0 Å². The van der Waals surface area contributed by atoms with E-state index in [1.807, 2.05) is 0 Å². The van der Waals surface area contributed by atoms with Crippen LogP contribution in [0.5, 0.6) is 0 Å². The second kappa shape index (κ2) is 6.14. The van der Waals surface area contributed by atoms with E-state index < -0.39 is 21.6 Å². The molecule has 0 saturated heterocycles. The number of rotatable bonds is 3. The van der Waals surface area contributed by atoms with E-state index in [-0.39, 0.29) is 21.8 Å². The first kappa shape index (κ1) is 17.1. The van der Waals surface area contributed by atoms with Gasteiger partial charge in [-0.25, -0.2) is 0 Å². The number of hydrogen-bond donors (Lipinski definition) is 0. The summed E-state index contributed by atoms with van der Waals surface area (Å²) in [5, 5.41) is 4.26. The van der Waals surface area contributed by atoms with Crippen LogP contribution in [-0.4, -0.2) is 29.2 Å². The van der Waals surface area contributed by atoms with Gasteiger partial charge in [-0.3, -0.25) is 9.59 Å². The summed E-state index contributed by atoms with van der Waals surface area (Å²) in [6, 6.07) is 16.6. The summed E-state index contributed by atoms with van der Waals surface area (Å²) >= 11 is 0. The molecule has 0 bridgehead atoms. The maximum atomic E-state index is 13.2. The summed E-state index contributed by atoms with van der Waals surface area (Å²) in [7, 11) is -4.04. The fourth-order valence-electron chi connectivity index (χ4n) is 3.08. The van der Waals surface area contributed by atoms with Crippen molar-refractivity contribution in [2.45, 2.75) is 11.8 Å². The lowest BCUT2D eigenvalue weighted by molar-refractivity contribution is -0.111. The van der Waals surface area contributed by atoms with E-state index in [0.29, 0.717) is 11.1 Å². The maximum absolute atomic E-state index is 13.2. The van der Waals surface area contributed by atoms with Gasteiger partial charge in [0.25, 0.3) is 10.0 Å². The molecule has 1 heterocycles. The average Bonchev–Trinajstić information content (AvgIpc) is 3.10. The Labute approximate surface area is 155 Å². The van der Waals surface area contributed by atoms with E-state index in [9.17, 15) is 18.0 Å². The van der Waals surface area contributed by atoms with Crippen LogP contribution in [0.25, 0.3) is 16.8 Å². The number of fused-ring (bicyclic) bond motifs is 1. The predicted molar refractivity (Wildman–Crippen MR) is 99.7 cm³/mol. The maximum Gasteiger partial charge on any atom is 0.283 e. The number of ketones is 2. The minimum Gasteiger partial charge on any atom is -0.286 e. The van der Waals surface area contributed by atoms with Gasteiger partial charge in [0.05, 0.1) is 16.2 Å². The van der Waals surface area contributed by atoms with Crippen LogP contribution >= 0.6 is 0 Å². The summed E-state index contributed by atoms with van der Waals surface area (Å²) < 4.78 is 27.2. The van der Waals surface area contributed by atoms with Crippen LogP contribution < -0.4 is 0 Å². The van der Waals surface area contributed by atoms with Gasteiger partial charge in [0, 0.05) is 5.56 Å². The number of nitrogens with zero attached hydrogens (tertiary/aromatic N) is 2. The molecular formula is C20H14N2O4S. The Kier molecular flexibility index (Phi) is 3.89. The third-order valence-corrected chi connectivity index (χ3v) is 5.93. The average molecular weight is 378 g/mol. The molecule has 0 saturated carbocycles. The van der Waals surface area contributed by atoms with Gasteiger partial charge in [-0.15, -0.1) is 0 Å². The van der Waals surface area contributed by atoms with Crippen molar-refractivity contribution < 1.29 is 18.0 Å². The first-order chi connectivity index (χ1) is 12.9. The van der Waals surface area contributed by atoms with Crippen LogP contribution in [0.15, 0.2) is 71.6 Å². The zero-order valence-electron chi connectivity index (χ0n) is 14.3. The number of carbonyl (C=O) groups excluding carboxylic acids is 2. The van der Waals surface area contributed by atoms with Gasteiger partial charge < -0.3 is 0 Å². The molecule has 0 unspecified atom stereocenters. The Morgan fingerprint density at radius 1 is 0.889 bits per heavy atom. The molecule has 4 rings (SSSR count). The molecule has 0 amide bonds. The van der Waals surface area contributed by atoms with Crippen molar-refractivity contribution in [3.63, 3.8) is 0 Å². The zero-order chi connectivity index (χ0) is 19.2. The Balaban J connectivity index is 2.07. The molecule has 2 aromatic carbocycles. The van der Waals surface area contributed by atoms with Crippen LogP contribution in [0.3, 0.4) is 0 Å². The van der Waals surface area contributed by atoms with Crippen LogP contribution in [0.2, 0.25) is 0 Å². The van der Waals surface area contributed by atoms with Gasteiger partial charge in [-0.1, -0.05) is 48.5 Å². The third kappa shape index (κ3) is 2.63. The highest BCUT2D eigenvalue weighted by Gasteiger charge is 2.36. The highest BCUT2D eigenvalue weighted by atomic mass is 32.2. The molecule has 0 aliphatic heterocycles. The SMILES string of the molecule is CC1=CC(=O)C(=O)c2c(-c3ccccc3)nn(S(=O)(=O)c3ccccc3)c21. The second-order valence-electron chi connectivity index (χ2n) is 6.12. The lowest BCUT2D eigenvalue weighted by Crippen LogP contribution is -2.22. The Hall–Kier alpha value is -3.32. The van der Waals surface area contributed by atoms with E-state index in [4.69, 9.17) is 0 Å². The number of hydrogen-bond acceptors (Lipinski definition) is 5. The van der Waals surface area contributed by atoms with Crippen LogP contribution in [0, 0.1) is 0 Å². The van der Waals surface area contributed by atoms with Gasteiger partial charge in [0.15, 0.2) is 0 Å². The topological polar surface area (TPSA) is 86.1 Å². The molecule has 3 aromatic rings. The summed E-state index contributed by atoms with van der Waals surface area (Å²) in [6.45, 7) is 1.59. The van der Waals surface area contributed by atoms with Crippen LogP contribution in [-0.2, 0) is 14.8 Å². The molecule has 27 heavy (non-hydrogen) atoms. The second-order valence-corrected chi connectivity index (χ2v) is 7.89. The largest absolute Gasteiger partial charge is 0.286 e. The predicted octanol–water partition coefficient (Wildman–Crippen LogP) is 2.96. The molecule has 0 fully saturated rings. The minimum absolute atomic E-state index is 0.0192. The van der Waals surface area contributed by atoms with E-state index >= 15 is 0 Å². The highest BCUT2D eigenvalue weighted by molar-refractivity contribution is 7.89. The lowest BCUT2D eigenvalue weighted by Gasteiger charge is -2.13. The van der Waals surface area contributed by atoms with Crippen molar-refractivity contribution in [1.29, 1.82) is 0 Å². The van der Waals surface area contributed by atoms with Crippen molar-refractivity contribution in [3.8, 4) is 11.3 Å². The third-order valence-electron chi connectivity index (χ3n) is 4.34. The summed E-state index contributed by atoms with van der Waals surface area (Å²) in [6.07, 6.45) is 1.15.